The van der Waals surface area contributed by atoms with E-state index >= 15 is 0 Å². The molecule has 0 saturated carbocycles. The summed E-state index contributed by atoms with van der Waals surface area (Å²) in [5.41, 5.74) is 5.76. The highest BCUT2D eigenvalue weighted by Crippen LogP contribution is 2.43. The summed E-state index contributed by atoms with van der Waals surface area (Å²) in [5, 5.41) is 0.863. The molecule has 2 aromatic carbocycles. The summed E-state index contributed by atoms with van der Waals surface area (Å²) in [6.07, 6.45) is 2.26. The van der Waals surface area contributed by atoms with Crippen molar-refractivity contribution in [3.8, 4) is 0 Å². The van der Waals surface area contributed by atoms with Crippen molar-refractivity contribution in [2.45, 2.75) is 39.3 Å². The van der Waals surface area contributed by atoms with E-state index in [1.54, 1.807) is 11.1 Å². The molecular formula is C23H24ClNS. The number of nitrogens with zero attached hydrogens (tertiary/aromatic N) is 1. The van der Waals surface area contributed by atoms with Gasteiger partial charge in [0.2, 0.25) is 0 Å². The van der Waals surface area contributed by atoms with Gasteiger partial charge < -0.3 is 0 Å². The highest BCUT2D eigenvalue weighted by Gasteiger charge is 2.32. The highest BCUT2D eigenvalue weighted by molar-refractivity contribution is 7.12. The number of rotatable bonds is 4. The van der Waals surface area contributed by atoms with Crippen molar-refractivity contribution in [3.63, 3.8) is 0 Å². The van der Waals surface area contributed by atoms with Crippen LogP contribution < -0.4 is 0 Å². The minimum Gasteiger partial charge on any atom is -0.287 e. The van der Waals surface area contributed by atoms with E-state index in [-0.39, 0.29) is 0 Å². The molecule has 1 aliphatic rings. The molecule has 0 amide bonds. The van der Waals surface area contributed by atoms with Crippen LogP contribution in [0.15, 0.2) is 54.6 Å². The van der Waals surface area contributed by atoms with Gasteiger partial charge in [-0.2, -0.15) is 0 Å². The molecule has 0 fully saturated rings. The molecule has 26 heavy (non-hydrogen) atoms. The van der Waals surface area contributed by atoms with E-state index < -0.39 is 0 Å². The Morgan fingerprint density at radius 3 is 2.54 bits per heavy atom. The van der Waals surface area contributed by atoms with Gasteiger partial charge in [-0.25, -0.2) is 0 Å². The van der Waals surface area contributed by atoms with Gasteiger partial charge in [0.05, 0.1) is 6.04 Å². The molecule has 2 heterocycles. The largest absolute Gasteiger partial charge is 0.287 e. The van der Waals surface area contributed by atoms with Crippen LogP contribution in [-0.2, 0) is 19.4 Å². The molecule has 0 radical (unpaired) electrons. The molecule has 1 aromatic heterocycles. The second-order valence-electron chi connectivity index (χ2n) is 6.96. The van der Waals surface area contributed by atoms with Crippen LogP contribution >= 0.6 is 22.9 Å². The number of aryl methyl sites for hydroxylation is 1. The quantitative estimate of drug-likeness (QED) is 0.504. The Balaban J connectivity index is 1.78. The Morgan fingerprint density at radius 1 is 1.08 bits per heavy atom. The third-order valence-corrected chi connectivity index (χ3v) is 7.02. The van der Waals surface area contributed by atoms with Gasteiger partial charge in [0.1, 0.15) is 0 Å². The van der Waals surface area contributed by atoms with E-state index in [9.17, 15) is 0 Å². The lowest BCUT2D eigenvalue weighted by Crippen LogP contribution is -2.35. The van der Waals surface area contributed by atoms with E-state index in [4.69, 9.17) is 11.6 Å². The molecule has 0 N–H and O–H groups in total. The summed E-state index contributed by atoms with van der Waals surface area (Å²) in [6, 6.07) is 19.5. The lowest BCUT2D eigenvalue weighted by atomic mass is 9.91. The van der Waals surface area contributed by atoms with Crippen LogP contribution in [0.25, 0.3) is 0 Å². The van der Waals surface area contributed by atoms with Gasteiger partial charge in [-0.1, -0.05) is 67.1 Å². The molecule has 0 bridgehead atoms. The van der Waals surface area contributed by atoms with E-state index in [1.807, 2.05) is 23.5 Å². The highest BCUT2D eigenvalue weighted by atomic mass is 35.5. The Morgan fingerprint density at radius 2 is 1.81 bits per heavy atom. The van der Waals surface area contributed by atoms with E-state index in [0.29, 0.717) is 6.04 Å². The summed E-state index contributed by atoms with van der Waals surface area (Å²) in [4.78, 5) is 5.61. The Bertz CT molecular complexity index is 900. The zero-order chi connectivity index (χ0) is 18.1. The fraction of sp³-hybridized carbons (Fsp3) is 0.304. The number of halogens is 1. The number of benzene rings is 2. The molecule has 3 aromatic rings. The zero-order valence-corrected chi connectivity index (χ0v) is 16.9. The third kappa shape index (κ3) is 3.22. The van der Waals surface area contributed by atoms with Gasteiger partial charge in [0.25, 0.3) is 0 Å². The van der Waals surface area contributed by atoms with Crippen LogP contribution in [0.5, 0.6) is 0 Å². The van der Waals surface area contributed by atoms with Crippen LogP contribution in [0.2, 0.25) is 5.02 Å². The molecule has 134 valence electrons. The fourth-order valence-electron chi connectivity index (χ4n) is 4.17. The molecular weight excluding hydrogens is 358 g/mol. The summed E-state index contributed by atoms with van der Waals surface area (Å²) in [5.74, 6) is 0. The van der Waals surface area contributed by atoms with Crippen LogP contribution in [0.3, 0.4) is 0 Å². The minimum absolute atomic E-state index is 0.320. The minimum atomic E-state index is 0.320. The van der Waals surface area contributed by atoms with E-state index in [0.717, 1.165) is 31.0 Å². The van der Waals surface area contributed by atoms with Crippen LogP contribution in [0.1, 0.15) is 45.0 Å². The van der Waals surface area contributed by atoms with Crippen LogP contribution in [0.4, 0.5) is 0 Å². The maximum Gasteiger partial charge on any atom is 0.0702 e. The maximum atomic E-state index is 6.47. The predicted octanol–water partition coefficient (Wildman–Crippen LogP) is 6.42. The smallest absolute Gasteiger partial charge is 0.0702 e. The van der Waals surface area contributed by atoms with Crippen molar-refractivity contribution in [3.05, 3.63) is 91.6 Å². The van der Waals surface area contributed by atoms with Gasteiger partial charge in [-0.05, 0) is 48.1 Å². The lowest BCUT2D eigenvalue weighted by molar-refractivity contribution is 0.208. The average molecular weight is 382 g/mol. The molecule has 3 heteroatoms. The Hall–Kier alpha value is -1.61. The first-order chi connectivity index (χ1) is 12.7. The average Bonchev–Trinajstić information content (AvgIpc) is 2.99. The van der Waals surface area contributed by atoms with E-state index in [1.165, 1.54) is 20.9 Å². The predicted molar refractivity (Wildman–Crippen MR) is 112 cm³/mol. The summed E-state index contributed by atoms with van der Waals surface area (Å²) >= 11 is 8.45. The first-order valence-electron chi connectivity index (χ1n) is 9.32. The Kier molecular flexibility index (Phi) is 5.17. The van der Waals surface area contributed by atoms with E-state index in [2.05, 4.69) is 61.2 Å². The fourth-order valence-corrected chi connectivity index (χ4v) is 5.83. The normalized spacial score (nSPS) is 17.3. The number of thiophene rings is 1. The second kappa shape index (κ2) is 7.56. The molecule has 0 saturated heterocycles. The first kappa shape index (κ1) is 17.8. The van der Waals surface area contributed by atoms with Crippen molar-refractivity contribution >= 4 is 22.9 Å². The number of fused-ring (bicyclic) bond motifs is 1. The second-order valence-corrected chi connectivity index (χ2v) is 8.62. The van der Waals surface area contributed by atoms with Gasteiger partial charge >= 0.3 is 0 Å². The molecule has 1 nitrogen and oxygen atoms in total. The van der Waals surface area contributed by atoms with Gasteiger partial charge in [0.15, 0.2) is 0 Å². The van der Waals surface area contributed by atoms with Gasteiger partial charge in [0, 0.05) is 27.9 Å². The van der Waals surface area contributed by atoms with Crippen LogP contribution in [-0.4, -0.2) is 11.4 Å². The summed E-state index contributed by atoms with van der Waals surface area (Å²) in [6.45, 7) is 6.52. The zero-order valence-electron chi connectivity index (χ0n) is 15.3. The molecule has 1 aliphatic heterocycles. The van der Waals surface area contributed by atoms with Crippen molar-refractivity contribution in [1.29, 1.82) is 0 Å². The van der Waals surface area contributed by atoms with Crippen LogP contribution in [0, 0.1) is 6.92 Å². The first-order valence-corrected chi connectivity index (χ1v) is 10.5. The maximum absolute atomic E-state index is 6.47. The summed E-state index contributed by atoms with van der Waals surface area (Å²) in [7, 11) is 0. The molecule has 1 atom stereocenters. The van der Waals surface area contributed by atoms with Crippen molar-refractivity contribution < 1.29 is 0 Å². The standard InChI is InChI=1S/C23H24ClNS/c1-3-19-16(2)26-23-20(19)13-14-25(15-18-11-7-8-12-21(18)24)22(23)17-9-5-4-6-10-17/h4-12,22H,3,13-15H2,1-2H3. The monoisotopic (exact) mass is 381 g/mol. The molecule has 1 unspecified atom stereocenters. The van der Waals surface area contributed by atoms with Gasteiger partial charge in [-0.3, -0.25) is 4.90 Å². The van der Waals surface area contributed by atoms with Crippen molar-refractivity contribution in [2.75, 3.05) is 6.54 Å². The summed E-state index contributed by atoms with van der Waals surface area (Å²) < 4.78 is 0. The molecule has 0 spiro atoms. The number of hydrogen-bond donors (Lipinski definition) is 0. The van der Waals surface area contributed by atoms with Crippen molar-refractivity contribution in [2.24, 2.45) is 0 Å². The SMILES string of the molecule is CCc1c(C)sc2c1CCN(Cc1ccccc1Cl)C2c1ccccc1. The topological polar surface area (TPSA) is 3.24 Å². The number of hydrogen-bond acceptors (Lipinski definition) is 2. The third-order valence-electron chi connectivity index (χ3n) is 5.41. The lowest BCUT2D eigenvalue weighted by Gasteiger charge is -2.36. The molecule has 4 rings (SSSR count). The van der Waals surface area contributed by atoms with Gasteiger partial charge in [-0.15, -0.1) is 11.3 Å². The Labute approximate surface area is 165 Å². The van der Waals surface area contributed by atoms with Crippen molar-refractivity contribution in [1.82, 2.24) is 4.90 Å². The molecule has 0 aliphatic carbocycles.